The third kappa shape index (κ3) is 5.40. The number of rotatable bonds is 9. The first-order valence-corrected chi connectivity index (χ1v) is 12.3. The summed E-state index contributed by atoms with van der Waals surface area (Å²) in [6.45, 7) is 4.38. The lowest BCUT2D eigenvalue weighted by Crippen LogP contribution is -2.76. The highest BCUT2D eigenvalue weighted by Gasteiger charge is 2.58. The molecule has 1 unspecified atom stereocenters. The number of oxime groups is 1. The molecule has 0 aromatic carbocycles. The molecule has 1 fully saturated rings. The molecule has 2 amide bonds. The van der Waals surface area contributed by atoms with E-state index in [2.05, 4.69) is 19.7 Å². The fraction of sp³-hybridized carbons (Fsp3) is 0.389. The quantitative estimate of drug-likeness (QED) is 0.0883. The topological polar surface area (TPSA) is 236 Å². The van der Waals surface area contributed by atoms with Crippen LogP contribution < -0.4 is 16.5 Å². The maximum atomic E-state index is 13.1. The van der Waals surface area contributed by atoms with Gasteiger partial charge in [-0.2, -0.15) is 18.2 Å². The molecule has 0 radical (unpaired) electrons. The number of hydrogen-bond acceptors (Lipinski definition) is 13. The van der Waals surface area contributed by atoms with Gasteiger partial charge in [0.2, 0.25) is 5.43 Å². The van der Waals surface area contributed by atoms with Gasteiger partial charge < -0.3 is 26.2 Å². The third-order valence-electron chi connectivity index (χ3n) is 5.11. The second kappa shape index (κ2) is 9.72. The van der Waals surface area contributed by atoms with Crippen molar-refractivity contribution in [3.63, 3.8) is 0 Å². The molecule has 0 aliphatic carbocycles. The highest BCUT2D eigenvalue weighted by atomic mass is 32.3. The summed E-state index contributed by atoms with van der Waals surface area (Å²) in [6.07, 6.45) is -0.117. The molecular weight excluding hydrogens is 524 g/mol. The Kier molecular flexibility index (Phi) is 7.25. The molecule has 3 heterocycles. The number of carbonyl (C=O) groups excluding carboxylic acids is 2. The van der Waals surface area contributed by atoms with Crippen LogP contribution >= 0.6 is 11.3 Å². The highest BCUT2D eigenvalue weighted by molar-refractivity contribution is 7.80. The van der Waals surface area contributed by atoms with E-state index in [4.69, 9.17) is 15.1 Å². The Morgan fingerprint density at radius 1 is 1.42 bits per heavy atom. The molecular formula is C18H22N6O10S2. The van der Waals surface area contributed by atoms with Crippen LogP contribution in [0.3, 0.4) is 0 Å². The SMILES string of the molecule is CCC(O/N=C(\C(=O)N[C@@H]1C(=O)N(OS(=O)(=O)O)C1(C)C)c1csc(N)n1)c1cc(=O)c(O)cn1O. The lowest BCUT2D eigenvalue weighted by molar-refractivity contribution is -0.218. The number of hydroxylamine groups is 2. The van der Waals surface area contributed by atoms with Crippen LogP contribution in [-0.4, -0.2) is 67.2 Å². The zero-order valence-corrected chi connectivity index (χ0v) is 20.6. The van der Waals surface area contributed by atoms with Gasteiger partial charge in [0.1, 0.15) is 17.4 Å². The van der Waals surface area contributed by atoms with Crippen LogP contribution in [0.25, 0.3) is 0 Å². The van der Waals surface area contributed by atoms with Gasteiger partial charge in [-0.1, -0.05) is 12.1 Å². The molecule has 2 atom stereocenters. The Balaban J connectivity index is 1.88. The Bertz CT molecular complexity index is 1380. The van der Waals surface area contributed by atoms with E-state index in [9.17, 15) is 33.1 Å². The van der Waals surface area contributed by atoms with Gasteiger partial charge >= 0.3 is 10.4 Å². The lowest BCUT2D eigenvalue weighted by Gasteiger charge is -2.50. The van der Waals surface area contributed by atoms with Crippen molar-refractivity contribution in [1.29, 1.82) is 0 Å². The van der Waals surface area contributed by atoms with Gasteiger partial charge in [0, 0.05) is 11.4 Å². The predicted octanol–water partition coefficient (Wildman–Crippen LogP) is -0.458. The average molecular weight is 547 g/mol. The fourth-order valence-electron chi connectivity index (χ4n) is 3.24. The number of carbonyl (C=O) groups is 2. The van der Waals surface area contributed by atoms with E-state index in [1.807, 2.05) is 0 Å². The summed E-state index contributed by atoms with van der Waals surface area (Å²) in [5, 5.41) is 27.6. The Hall–Kier alpha value is -3.74. The van der Waals surface area contributed by atoms with Crippen LogP contribution in [0.1, 0.15) is 44.7 Å². The smallest absolute Gasteiger partial charge is 0.418 e. The molecule has 3 rings (SSSR count). The van der Waals surface area contributed by atoms with Crippen LogP contribution in [0.2, 0.25) is 0 Å². The summed E-state index contributed by atoms with van der Waals surface area (Å²) in [6, 6.07) is -0.353. The van der Waals surface area contributed by atoms with Crippen LogP contribution in [0, 0.1) is 0 Å². The molecule has 0 spiro atoms. The number of aromatic nitrogens is 2. The molecule has 0 saturated carbocycles. The van der Waals surface area contributed by atoms with E-state index in [0.717, 1.165) is 23.6 Å². The largest absolute Gasteiger partial charge is 0.503 e. The zero-order valence-electron chi connectivity index (χ0n) is 19.0. The fourth-order valence-corrected chi connectivity index (χ4v) is 4.24. The number of hydrogen-bond donors (Lipinski definition) is 5. The lowest BCUT2D eigenvalue weighted by atomic mass is 9.84. The summed E-state index contributed by atoms with van der Waals surface area (Å²) < 4.78 is 35.6. The van der Waals surface area contributed by atoms with Crippen molar-refractivity contribution in [3.8, 4) is 5.75 Å². The first-order chi connectivity index (χ1) is 16.7. The van der Waals surface area contributed by atoms with Crippen molar-refractivity contribution in [3.05, 3.63) is 39.3 Å². The number of nitrogens with zero attached hydrogens (tertiary/aromatic N) is 4. The number of β-lactam (4-membered cyclic amide) rings is 1. The van der Waals surface area contributed by atoms with Gasteiger partial charge in [0.25, 0.3) is 11.8 Å². The van der Waals surface area contributed by atoms with Gasteiger partial charge in [-0.3, -0.25) is 18.9 Å². The van der Waals surface area contributed by atoms with Crippen molar-refractivity contribution in [1.82, 2.24) is 20.1 Å². The van der Waals surface area contributed by atoms with Crippen molar-refractivity contribution in [2.24, 2.45) is 5.16 Å². The molecule has 16 nitrogen and oxygen atoms in total. The zero-order chi connectivity index (χ0) is 27.0. The number of nitrogens with two attached hydrogens (primary N) is 1. The van der Waals surface area contributed by atoms with Crippen molar-refractivity contribution >= 4 is 44.4 Å². The first kappa shape index (κ1) is 26.9. The van der Waals surface area contributed by atoms with Crippen LogP contribution in [0.15, 0.2) is 27.6 Å². The van der Waals surface area contributed by atoms with Crippen LogP contribution in [0.4, 0.5) is 5.13 Å². The molecule has 2 aromatic heterocycles. The molecule has 36 heavy (non-hydrogen) atoms. The molecule has 2 aromatic rings. The van der Waals surface area contributed by atoms with Gasteiger partial charge in [0.05, 0.1) is 11.7 Å². The first-order valence-electron chi connectivity index (χ1n) is 10.1. The van der Waals surface area contributed by atoms with Gasteiger partial charge in [-0.25, -0.2) is 4.98 Å². The maximum Gasteiger partial charge on any atom is 0.418 e. The minimum atomic E-state index is -4.99. The number of pyridine rings is 1. The normalized spacial score (nSPS) is 18.4. The monoisotopic (exact) mass is 546 g/mol. The molecule has 1 saturated heterocycles. The minimum absolute atomic E-state index is 0.0208. The standard InChI is InChI=1S/C18H22N6O10S2/c1-4-12(9-5-10(25)11(26)6-23(9)29)33-22-13(8-7-35-17(19)20-8)15(27)21-14-16(28)24(18(14,2)3)34-36(30,31)32/h5-7,12,14,26,29H,4H2,1-3H3,(H2,19,20)(H,21,27)(H,30,31,32)/b22-13-/t12?,14-/m1/s1. The number of thiazole rings is 1. The van der Waals surface area contributed by atoms with Gasteiger partial charge in [-0.15, -0.1) is 15.6 Å². The van der Waals surface area contributed by atoms with E-state index < -0.39 is 56.8 Å². The van der Waals surface area contributed by atoms with Gasteiger partial charge in [0.15, 0.2) is 22.7 Å². The number of anilines is 1. The average Bonchev–Trinajstić information content (AvgIpc) is 3.21. The third-order valence-corrected chi connectivity index (χ3v) is 6.12. The van der Waals surface area contributed by atoms with Crippen molar-refractivity contribution < 1.29 is 42.0 Å². The van der Waals surface area contributed by atoms with E-state index >= 15 is 0 Å². The molecule has 0 bridgehead atoms. The number of aromatic hydroxyl groups is 1. The Morgan fingerprint density at radius 3 is 2.61 bits per heavy atom. The predicted molar refractivity (Wildman–Crippen MR) is 122 cm³/mol. The van der Waals surface area contributed by atoms with Crippen LogP contribution in [-0.2, 0) is 29.1 Å². The summed E-state index contributed by atoms with van der Waals surface area (Å²) >= 11 is 0.986. The second-order valence-corrected chi connectivity index (χ2v) is 9.89. The number of nitrogens with one attached hydrogen (secondary N) is 1. The minimum Gasteiger partial charge on any atom is -0.503 e. The van der Waals surface area contributed by atoms with Crippen molar-refractivity contribution in [2.45, 2.75) is 44.9 Å². The molecule has 6 N–H and O–H groups in total. The molecule has 196 valence electrons. The number of amides is 2. The van der Waals surface area contributed by atoms with E-state index in [1.54, 1.807) is 6.92 Å². The highest BCUT2D eigenvalue weighted by Crippen LogP contribution is 2.33. The summed E-state index contributed by atoms with van der Waals surface area (Å²) in [5.74, 6) is -2.62. The Labute approximate surface area is 207 Å². The van der Waals surface area contributed by atoms with E-state index in [1.165, 1.54) is 19.2 Å². The van der Waals surface area contributed by atoms with Crippen molar-refractivity contribution in [2.75, 3.05) is 5.73 Å². The Morgan fingerprint density at radius 2 is 2.08 bits per heavy atom. The van der Waals surface area contributed by atoms with Gasteiger partial charge in [-0.05, 0) is 20.3 Å². The summed E-state index contributed by atoms with van der Waals surface area (Å²) in [5.41, 5.74) is 2.96. The summed E-state index contributed by atoms with van der Waals surface area (Å²) in [4.78, 5) is 46.6. The maximum absolute atomic E-state index is 13.1. The summed E-state index contributed by atoms with van der Waals surface area (Å²) in [7, 11) is -4.99. The van der Waals surface area contributed by atoms with E-state index in [-0.39, 0.29) is 22.9 Å². The number of nitrogen functional groups attached to an aromatic ring is 1. The molecule has 1 aliphatic heterocycles. The van der Waals surface area contributed by atoms with Crippen LogP contribution in [0.5, 0.6) is 5.75 Å². The molecule has 18 heteroatoms. The van der Waals surface area contributed by atoms with E-state index in [0.29, 0.717) is 9.79 Å². The second-order valence-electron chi connectivity index (χ2n) is 8.00. The molecule has 1 aliphatic rings.